The third-order valence-corrected chi connectivity index (χ3v) is 3.01. The Kier molecular flexibility index (Phi) is 3.43. The molecule has 0 aliphatic carbocycles. The van der Waals surface area contributed by atoms with E-state index in [1.165, 1.54) is 0 Å². The lowest BCUT2D eigenvalue weighted by molar-refractivity contribution is -0.0924. The molecule has 0 bridgehead atoms. The van der Waals surface area contributed by atoms with Crippen LogP contribution in [0.2, 0.25) is 0 Å². The Morgan fingerprint density at radius 2 is 2.06 bits per heavy atom. The lowest BCUT2D eigenvalue weighted by atomic mass is 9.88. The number of hydrogen-bond donors (Lipinski definition) is 1. The van der Waals surface area contributed by atoms with Gasteiger partial charge in [-0.15, -0.1) is 0 Å². The molecule has 1 heterocycles. The molecule has 0 saturated carbocycles. The molecule has 4 heteroatoms. The van der Waals surface area contributed by atoms with E-state index in [4.69, 9.17) is 14.2 Å². The topological polar surface area (TPSA) is 39.7 Å². The fourth-order valence-electron chi connectivity index (χ4n) is 1.81. The second-order valence-corrected chi connectivity index (χ2v) is 4.72. The third-order valence-electron chi connectivity index (χ3n) is 3.01. The average Bonchev–Trinajstić information content (AvgIpc) is 2.33. The van der Waals surface area contributed by atoms with E-state index in [2.05, 4.69) is 12.2 Å². The van der Waals surface area contributed by atoms with Gasteiger partial charge in [-0.25, -0.2) is 0 Å². The first-order valence-electron chi connectivity index (χ1n) is 5.70. The molecule has 1 fully saturated rings. The summed E-state index contributed by atoms with van der Waals surface area (Å²) >= 11 is 0. The second kappa shape index (κ2) is 4.84. The number of nitrogens with one attached hydrogen (secondary N) is 1. The number of anilines is 1. The number of rotatable bonds is 5. The molecule has 2 rings (SSSR count). The minimum absolute atomic E-state index is 0.230. The molecule has 4 nitrogen and oxygen atoms in total. The summed E-state index contributed by atoms with van der Waals surface area (Å²) < 4.78 is 15.8. The molecule has 0 unspecified atom stereocenters. The SMILES string of the molecule is COc1ccc(OC)c(NCC2(C)COC2)c1. The van der Waals surface area contributed by atoms with Crippen molar-refractivity contribution in [2.45, 2.75) is 6.92 Å². The first-order chi connectivity index (χ1) is 8.17. The Hall–Kier alpha value is -1.42. The molecule has 94 valence electrons. The second-order valence-electron chi connectivity index (χ2n) is 4.72. The molecule has 17 heavy (non-hydrogen) atoms. The lowest BCUT2D eigenvalue weighted by Gasteiger charge is -2.38. The van der Waals surface area contributed by atoms with E-state index in [0.717, 1.165) is 36.9 Å². The van der Waals surface area contributed by atoms with Gasteiger partial charge in [0.25, 0.3) is 0 Å². The van der Waals surface area contributed by atoms with Crippen LogP contribution in [0.4, 0.5) is 5.69 Å². The smallest absolute Gasteiger partial charge is 0.142 e. The van der Waals surface area contributed by atoms with Crippen molar-refractivity contribution in [3.05, 3.63) is 18.2 Å². The van der Waals surface area contributed by atoms with E-state index < -0.39 is 0 Å². The lowest BCUT2D eigenvalue weighted by Crippen LogP contribution is -2.45. The predicted molar refractivity (Wildman–Crippen MR) is 67.0 cm³/mol. The minimum Gasteiger partial charge on any atom is -0.497 e. The van der Waals surface area contributed by atoms with Gasteiger partial charge in [0.1, 0.15) is 11.5 Å². The van der Waals surface area contributed by atoms with Crippen molar-refractivity contribution in [2.75, 3.05) is 39.3 Å². The van der Waals surface area contributed by atoms with Crippen LogP contribution in [0, 0.1) is 5.41 Å². The number of methoxy groups -OCH3 is 2. The standard InChI is InChI=1S/C13H19NO3/c1-13(8-17-9-13)7-14-11-6-10(15-2)4-5-12(11)16-3/h4-6,14H,7-9H2,1-3H3. The molecular formula is C13H19NO3. The molecule has 1 aliphatic rings. The molecule has 0 radical (unpaired) electrons. The Bertz CT molecular complexity index is 388. The van der Waals surface area contributed by atoms with Gasteiger partial charge in [0.15, 0.2) is 0 Å². The molecule has 0 aromatic heterocycles. The molecule has 0 amide bonds. The summed E-state index contributed by atoms with van der Waals surface area (Å²) in [5, 5.41) is 3.40. The van der Waals surface area contributed by atoms with Gasteiger partial charge in [-0.05, 0) is 12.1 Å². The van der Waals surface area contributed by atoms with E-state index in [1.807, 2.05) is 18.2 Å². The molecule has 0 spiro atoms. The Balaban J connectivity index is 2.07. The molecular weight excluding hydrogens is 218 g/mol. The van der Waals surface area contributed by atoms with Gasteiger partial charge >= 0.3 is 0 Å². The highest BCUT2D eigenvalue weighted by Gasteiger charge is 2.33. The number of benzene rings is 1. The zero-order valence-electron chi connectivity index (χ0n) is 10.6. The first-order valence-corrected chi connectivity index (χ1v) is 5.70. The van der Waals surface area contributed by atoms with E-state index in [9.17, 15) is 0 Å². The van der Waals surface area contributed by atoms with Crippen molar-refractivity contribution in [3.63, 3.8) is 0 Å². The Morgan fingerprint density at radius 3 is 2.59 bits per heavy atom. The molecule has 1 aromatic carbocycles. The quantitative estimate of drug-likeness (QED) is 0.851. The highest BCUT2D eigenvalue weighted by atomic mass is 16.5. The van der Waals surface area contributed by atoms with Crippen LogP contribution < -0.4 is 14.8 Å². The minimum atomic E-state index is 0.230. The zero-order chi connectivity index (χ0) is 12.3. The van der Waals surface area contributed by atoms with Gasteiger partial charge in [-0.2, -0.15) is 0 Å². The summed E-state index contributed by atoms with van der Waals surface area (Å²) in [7, 11) is 3.33. The fraction of sp³-hybridized carbons (Fsp3) is 0.538. The van der Waals surface area contributed by atoms with Crippen molar-refractivity contribution >= 4 is 5.69 Å². The van der Waals surface area contributed by atoms with Crippen LogP contribution in [-0.4, -0.2) is 34.0 Å². The summed E-state index contributed by atoms with van der Waals surface area (Å²) in [4.78, 5) is 0. The number of ether oxygens (including phenoxy) is 3. The normalized spacial score (nSPS) is 17.1. The largest absolute Gasteiger partial charge is 0.497 e. The molecule has 1 N–H and O–H groups in total. The summed E-state index contributed by atoms with van der Waals surface area (Å²) in [5.74, 6) is 1.65. The molecule has 0 atom stereocenters. The van der Waals surface area contributed by atoms with Gasteiger partial charge in [0, 0.05) is 18.0 Å². The first kappa shape index (κ1) is 12.0. The Morgan fingerprint density at radius 1 is 1.29 bits per heavy atom. The monoisotopic (exact) mass is 237 g/mol. The van der Waals surface area contributed by atoms with Crippen molar-refractivity contribution < 1.29 is 14.2 Å². The van der Waals surface area contributed by atoms with Gasteiger partial charge in [0.05, 0.1) is 33.1 Å². The van der Waals surface area contributed by atoms with Gasteiger partial charge in [-0.1, -0.05) is 6.92 Å². The number of hydrogen-bond acceptors (Lipinski definition) is 4. The highest BCUT2D eigenvalue weighted by Crippen LogP contribution is 2.32. The van der Waals surface area contributed by atoms with E-state index in [-0.39, 0.29) is 5.41 Å². The van der Waals surface area contributed by atoms with E-state index in [1.54, 1.807) is 14.2 Å². The van der Waals surface area contributed by atoms with Crippen LogP contribution in [0.5, 0.6) is 11.5 Å². The van der Waals surface area contributed by atoms with Crippen LogP contribution in [0.3, 0.4) is 0 Å². The Labute approximate surface area is 102 Å². The summed E-state index contributed by atoms with van der Waals surface area (Å²) in [6, 6.07) is 5.74. The van der Waals surface area contributed by atoms with Crippen LogP contribution in [0.25, 0.3) is 0 Å². The maximum Gasteiger partial charge on any atom is 0.142 e. The van der Waals surface area contributed by atoms with Gasteiger partial charge in [0.2, 0.25) is 0 Å². The summed E-state index contributed by atoms with van der Waals surface area (Å²) in [6.07, 6.45) is 0. The fourth-order valence-corrected chi connectivity index (χ4v) is 1.81. The maximum absolute atomic E-state index is 5.31. The van der Waals surface area contributed by atoms with Crippen molar-refractivity contribution in [3.8, 4) is 11.5 Å². The van der Waals surface area contributed by atoms with Gasteiger partial charge in [-0.3, -0.25) is 0 Å². The highest BCUT2D eigenvalue weighted by molar-refractivity contribution is 5.59. The predicted octanol–water partition coefficient (Wildman–Crippen LogP) is 2.15. The van der Waals surface area contributed by atoms with Crippen molar-refractivity contribution in [1.82, 2.24) is 0 Å². The van der Waals surface area contributed by atoms with Crippen molar-refractivity contribution in [1.29, 1.82) is 0 Å². The van der Waals surface area contributed by atoms with Crippen LogP contribution in [0.1, 0.15) is 6.92 Å². The van der Waals surface area contributed by atoms with Crippen LogP contribution >= 0.6 is 0 Å². The average molecular weight is 237 g/mol. The molecule has 1 aliphatic heterocycles. The van der Waals surface area contributed by atoms with Crippen LogP contribution in [-0.2, 0) is 4.74 Å². The zero-order valence-corrected chi connectivity index (χ0v) is 10.6. The molecule has 1 aromatic rings. The summed E-state index contributed by atoms with van der Waals surface area (Å²) in [5.41, 5.74) is 1.19. The van der Waals surface area contributed by atoms with Gasteiger partial charge < -0.3 is 19.5 Å². The van der Waals surface area contributed by atoms with E-state index >= 15 is 0 Å². The summed E-state index contributed by atoms with van der Waals surface area (Å²) in [6.45, 7) is 4.70. The van der Waals surface area contributed by atoms with Crippen molar-refractivity contribution in [2.24, 2.45) is 5.41 Å². The molecule has 1 saturated heterocycles. The van der Waals surface area contributed by atoms with E-state index in [0.29, 0.717) is 0 Å². The third kappa shape index (κ3) is 2.64. The van der Waals surface area contributed by atoms with Crippen LogP contribution in [0.15, 0.2) is 18.2 Å². The maximum atomic E-state index is 5.31.